The summed E-state index contributed by atoms with van der Waals surface area (Å²) in [5.41, 5.74) is 0. The van der Waals surface area contributed by atoms with Gasteiger partial charge in [0, 0.05) is 48.5 Å². The predicted molar refractivity (Wildman–Crippen MR) is 143 cm³/mol. The van der Waals surface area contributed by atoms with Gasteiger partial charge in [-0.2, -0.15) is 0 Å². The largest absolute Gasteiger partial charge is 0.463 e. The molecular weight excluding hydrogens is 680 g/mol. The Morgan fingerprint density at radius 3 is 1.20 bits per heavy atom. The van der Waals surface area contributed by atoms with Gasteiger partial charge in [-0.05, 0) is 0 Å². The fourth-order valence-corrected chi connectivity index (χ4v) is 4.84. The summed E-state index contributed by atoms with van der Waals surface area (Å²) in [7, 11) is 0. The van der Waals surface area contributed by atoms with Crippen LogP contribution in [0, 0.1) is 0 Å². The quantitative estimate of drug-likeness (QED) is 0.191. The number of hydrogen-bond donors (Lipinski definition) is 0. The summed E-state index contributed by atoms with van der Waals surface area (Å²) in [6.45, 7) is 6.36. The lowest BCUT2D eigenvalue weighted by Gasteiger charge is -2.48. The number of rotatable bonds is 12. The van der Waals surface area contributed by atoms with Crippen LogP contribution >= 0.6 is 16.3 Å². The van der Waals surface area contributed by atoms with Crippen LogP contribution in [0.4, 0.5) is 0 Å². The Labute approximate surface area is 265 Å². The van der Waals surface area contributed by atoms with Gasteiger partial charge in [0.2, 0.25) is 6.29 Å². The molecule has 2 rings (SSSR count). The molecule has 0 unspecified atom stereocenters. The van der Waals surface area contributed by atoms with E-state index in [1.54, 1.807) is 0 Å². The van der Waals surface area contributed by atoms with E-state index in [-0.39, 0.29) is 0 Å². The topological polar surface area (TPSA) is 221 Å². The van der Waals surface area contributed by atoms with Crippen LogP contribution in [0.5, 0.6) is 0 Å². The molecule has 2 heterocycles. The molecule has 0 N–H and O–H groups in total. The van der Waals surface area contributed by atoms with Crippen molar-refractivity contribution >= 4 is 58.0 Å². The van der Waals surface area contributed by atoms with Gasteiger partial charge in [0.25, 0.3) is 0 Å². The van der Waals surface area contributed by atoms with Crippen molar-refractivity contribution < 1.29 is 84.8 Å². The summed E-state index contributed by atoms with van der Waals surface area (Å²) >= 11 is 2.77. The SMILES string of the molecule is CC(=O)OC[C@H]1O[C@H](O[C@@H]2[C@H](OC(C)=O)[C@@H](OC(C)=O)[C@@H](OBr)O[C@@H]2COC(C)=O)[C@H](OC(C)=O)[C@@H](OC(C)=O)[C@H]1OC(C)=O. The van der Waals surface area contributed by atoms with Crippen LogP contribution in [0.15, 0.2) is 0 Å². The van der Waals surface area contributed by atoms with Gasteiger partial charge in [-0.1, -0.05) is 0 Å². The normalized spacial score (nSPS) is 31.0. The second-order valence-electron chi connectivity index (χ2n) is 9.75. The number of hydrogen-bond acceptors (Lipinski definition) is 18. The Morgan fingerprint density at radius 1 is 0.467 bits per heavy atom. The smallest absolute Gasteiger partial charge is 0.303 e. The molecule has 45 heavy (non-hydrogen) atoms. The highest BCUT2D eigenvalue weighted by Crippen LogP contribution is 2.35. The minimum atomic E-state index is -1.77. The lowest BCUT2D eigenvalue weighted by atomic mass is 9.96. The van der Waals surface area contributed by atoms with Gasteiger partial charge in [0.15, 0.2) is 36.8 Å². The van der Waals surface area contributed by atoms with Crippen LogP contribution in [0.1, 0.15) is 48.5 Å². The summed E-state index contributed by atoms with van der Waals surface area (Å²) in [6, 6.07) is 0. The Bertz CT molecular complexity index is 1110. The third kappa shape index (κ3) is 11.5. The maximum absolute atomic E-state index is 12.2. The first-order chi connectivity index (χ1) is 21.0. The van der Waals surface area contributed by atoms with E-state index < -0.39 is 116 Å². The van der Waals surface area contributed by atoms with Crippen LogP contribution in [-0.2, 0) is 84.8 Å². The van der Waals surface area contributed by atoms with Crippen molar-refractivity contribution in [1.29, 1.82) is 0 Å². The summed E-state index contributed by atoms with van der Waals surface area (Å²) in [5, 5.41) is 0. The number of esters is 7. The van der Waals surface area contributed by atoms with E-state index in [2.05, 4.69) is 16.3 Å². The average Bonchev–Trinajstić information content (AvgIpc) is 2.90. The zero-order valence-corrected chi connectivity index (χ0v) is 27.0. The highest BCUT2D eigenvalue weighted by molar-refractivity contribution is 9.06. The summed E-state index contributed by atoms with van der Waals surface area (Å²) in [6.07, 6.45) is -15.3. The molecule has 0 bridgehead atoms. The van der Waals surface area contributed by atoms with Crippen molar-refractivity contribution in [2.75, 3.05) is 13.2 Å². The van der Waals surface area contributed by atoms with E-state index >= 15 is 0 Å². The molecule has 0 aromatic carbocycles. The van der Waals surface area contributed by atoms with E-state index in [1.165, 1.54) is 0 Å². The Balaban J connectivity index is 2.69. The van der Waals surface area contributed by atoms with Crippen molar-refractivity contribution in [1.82, 2.24) is 0 Å². The van der Waals surface area contributed by atoms with Gasteiger partial charge in [0.05, 0.1) is 0 Å². The molecule has 19 heteroatoms. The van der Waals surface area contributed by atoms with E-state index in [0.717, 1.165) is 48.5 Å². The second-order valence-corrected chi connectivity index (χ2v) is 10.1. The third-order valence-electron chi connectivity index (χ3n) is 5.97. The minimum absolute atomic E-state index is 0.525. The maximum atomic E-state index is 12.2. The first-order valence-corrected chi connectivity index (χ1v) is 14.0. The zero-order valence-electron chi connectivity index (χ0n) is 25.4. The molecule has 10 atom stereocenters. The van der Waals surface area contributed by atoms with Gasteiger partial charge >= 0.3 is 41.8 Å². The zero-order chi connectivity index (χ0) is 34.0. The van der Waals surface area contributed by atoms with Gasteiger partial charge in [-0.3, -0.25) is 37.4 Å². The summed E-state index contributed by atoms with van der Waals surface area (Å²) in [5.74, 6) is -5.82. The predicted octanol–water partition coefficient (Wildman–Crippen LogP) is -0.0674. The number of carbonyl (C=O) groups is 7. The van der Waals surface area contributed by atoms with Gasteiger partial charge in [0.1, 0.15) is 47.8 Å². The molecule has 18 nitrogen and oxygen atoms in total. The Kier molecular flexibility index (Phi) is 14.6. The monoisotopic (exact) mass is 714 g/mol. The van der Waals surface area contributed by atoms with Gasteiger partial charge in [-0.15, -0.1) is 0 Å². The first-order valence-electron chi connectivity index (χ1n) is 13.4. The molecule has 2 saturated heterocycles. The fraction of sp³-hybridized carbons (Fsp3) is 0.731. The first kappa shape index (κ1) is 37.8. The molecule has 0 aromatic heterocycles. The van der Waals surface area contributed by atoms with Gasteiger partial charge in [-0.25, -0.2) is 0 Å². The van der Waals surface area contributed by atoms with Gasteiger partial charge < -0.3 is 47.4 Å². The van der Waals surface area contributed by atoms with Crippen LogP contribution < -0.4 is 0 Å². The Hall–Kier alpha value is -3.39. The highest BCUT2D eigenvalue weighted by atomic mass is 79.9. The molecule has 254 valence electrons. The van der Waals surface area contributed by atoms with Crippen molar-refractivity contribution in [3.05, 3.63) is 0 Å². The van der Waals surface area contributed by atoms with E-state index in [4.69, 9.17) is 51.2 Å². The van der Waals surface area contributed by atoms with Crippen molar-refractivity contribution in [3.63, 3.8) is 0 Å². The standard InChI is InChI=1S/C26H35BrO18/c1-10(28)35-8-17-19(37-12(3)30)21(38-13(4)31)23(40-15(6)33)25(42-17)44-20-18(9-36-11(2)29)43-26(45-27)24(41-16(7)34)22(20)39-14(5)32/h17-26H,8-9H2,1-7H3/t17-,18-,19+,20+,21+,22+,23-,24-,25-,26-/m1/s1. The fourth-order valence-electron chi connectivity index (χ4n) is 4.54. The second kappa shape index (κ2) is 17.3. The van der Waals surface area contributed by atoms with Crippen molar-refractivity contribution in [2.24, 2.45) is 0 Å². The molecule has 0 spiro atoms. The number of carbonyl (C=O) groups excluding carboxylic acids is 7. The molecule has 0 amide bonds. The average molecular weight is 715 g/mol. The van der Waals surface area contributed by atoms with E-state index in [0.29, 0.717) is 0 Å². The summed E-state index contributed by atoms with van der Waals surface area (Å²) < 4.78 is 60.2. The van der Waals surface area contributed by atoms with Crippen molar-refractivity contribution in [2.45, 2.75) is 110 Å². The molecular formula is C26H35BrO18. The maximum Gasteiger partial charge on any atom is 0.303 e. The van der Waals surface area contributed by atoms with E-state index in [1.807, 2.05) is 0 Å². The molecule has 2 fully saturated rings. The van der Waals surface area contributed by atoms with E-state index in [9.17, 15) is 33.6 Å². The lowest BCUT2D eigenvalue weighted by Crippen LogP contribution is -2.67. The molecule has 2 aliphatic heterocycles. The van der Waals surface area contributed by atoms with Crippen LogP contribution in [0.2, 0.25) is 0 Å². The molecule has 2 aliphatic rings. The lowest BCUT2D eigenvalue weighted by molar-refractivity contribution is -0.353. The van der Waals surface area contributed by atoms with Crippen LogP contribution in [-0.4, -0.2) is 116 Å². The highest BCUT2D eigenvalue weighted by Gasteiger charge is 2.57. The molecule has 0 aromatic rings. The Morgan fingerprint density at radius 2 is 0.800 bits per heavy atom. The van der Waals surface area contributed by atoms with Crippen LogP contribution in [0.3, 0.4) is 0 Å². The summed E-state index contributed by atoms with van der Waals surface area (Å²) in [4.78, 5) is 84.0. The van der Waals surface area contributed by atoms with Crippen molar-refractivity contribution in [3.8, 4) is 0 Å². The number of halogens is 1. The molecule has 0 radical (unpaired) electrons. The molecule has 0 aliphatic carbocycles. The van der Waals surface area contributed by atoms with Crippen LogP contribution in [0.25, 0.3) is 0 Å². The molecule has 0 saturated carbocycles. The number of ether oxygens (including phenoxy) is 10. The minimum Gasteiger partial charge on any atom is -0.463 e. The third-order valence-corrected chi connectivity index (χ3v) is 6.34.